The summed E-state index contributed by atoms with van der Waals surface area (Å²) in [4.78, 5) is 7.17. The number of aliphatic hydroxyl groups is 1. The molecule has 1 aromatic rings. The summed E-state index contributed by atoms with van der Waals surface area (Å²) in [5.41, 5.74) is 2.04. The summed E-state index contributed by atoms with van der Waals surface area (Å²) in [5, 5.41) is 9.45. The van der Waals surface area contributed by atoms with Crippen LogP contribution in [0.1, 0.15) is 51.3 Å². The predicted molar refractivity (Wildman–Crippen MR) is 87.6 cm³/mol. The molecule has 0 amide bonds. The number of nitrogens with zero attached hydrogens (tertiary/aromatic N) is 2. The Hall–Kier alpha value is -0.740. The number of thioether (sulfide) groups is 1. The molecule has 112 valence electrons. The average Bonchev–Trinajstić information content (AvgIpc) is 2.59. The first-order chi connectivity index (χ1) is 9.41. The van der Waals surface area contributed by atoms with Crippen LogP contribution in [0.5, 0.6) is 0 Å². The van der Waals surface area contributed by atoms with Gasteiger partial charge in [0.1, 0.15) is 5.82 Å². The molecule has 0 aliphatic carbocycles. The summed E-state index contributed by atoms with van der Waals surface area (Å²) in [7, 11) is 0. The molecule has 2 heterocycles. The Labute approximate surface area is 126 Å². The number of aromatic nitrogens is 1. The average molecular weight is 294 g/mol. The van der Waals surface area contributed by atoms with Crippen molar-refractivity contribution in [1.82, 2.24) is 4.98 Å². The molecule has 0 aromatic carbocycles. The van der Waals surface area contributed by atoms with Gasteiger partial charge in [-0.3, -0.25) is 0 Å². The highest BCUT2D eigenvalue weighted by molar-refractivity contribution is 8.00. The van der Waals surface area contributed by atoms with Crippen molar-refractivity contribution in [2.24, 2.45) is 0 Å². The molecule has 0 saturated carbocycles. The quantitative estimate of drug-likeness (QED) is 0.926. The van der Waals surface area contributed by atoms with Crippen molar-refractivity contribution in [1.29, 1.82) is 0 Å². The summed E-state index contributed by atoms with van der Waals surface area (Å²) >= 11 is 2.04. The first-order valence-electron chi connectivity index (χ1n) is 7.42. The van der Waals surface area contributed by atoms with Gasteiger partial charge in [-0.25, -0.2) is 4.98 Å². The largest absolute Gasteiger partial charge is 0.392 e. The first-order valence-corrected chi connectivity index (χ1v) is 8.40. The molecule has 0 unspecified atom stereocenters. The number of rotatable bonds is 3. The van der Waals surface area contributed by atoms with Crippen molar-refractivity contribution in [3.8, 4) is 0 Å². The molecule has 0 atom stereocenters. The zero-order valence-electron chi connectivity index (χ0n) is 13.0. The van der Waals surface area contributed by atoms with Gasteiger partial charge in [-0.1, -0.05) is 27.7 Å². The SMILES string of the molecule is CC(C)c1cc(CO)cc(N2CCSC(C)(C)CC2)n1. The first kappa shape index (κ1) is 15.6. The van der Waals surface area contributed by atoms with Gasteiger partial charge < -0.3 is 10.0 Å². The van der Waals surface area contributed by atoms with E-state index in [1.807, 2.05) is 23.9 Å². The van der Waals surface area contributed by atoms with E-state index in [2.05, 4.69) is 32.6 Å². The predicted octanol–water partition coefficient (Wildman–Crippen LogP) is 3.42. The molecule has 1 fully saturated rings. The number of aliphatic hydroxyl groups excluding tert-OH is 1. The number of hydrogen-bond acceptors (Lipinski definition) is 4. The maximum absolute atomic E-state index is 9.45. The Morgan fingerprint density at radius 3 is 2.75 bits per heavy atom. The maximum atomic E-state index is 9.45. The van der Waals surface area contributed by atoms with E-state index in [9.17, 15) is 5.11 Å². The lowest BCUT2D eigenvalue weighted by Gasteiger charge is -2.24. The summed E-state index contributed by atoms with van der Waals surface area (Å²) < 4.78 is 0.351. The maximum Gasteiger partial charge on any atom is 0.129 e. The Balaban J connectivity index is 2.25. The van der Waals surface area contributed by atoms with Crippen molar-refractivity contribution in [3.63, 3.8) is 0 Å². The van der Waals surface area contributed by atoms with Crippen LogP contribution in [0.15, 0.2) is 12.1 Å². The molecule has 1 aromatic heterocycles. The molecule has 0 bridgehead atoms. The van der Waals surface area contributed by atoms with Crippen molar-refractivity contribution in [2.45, 2.75) is 51.4 Å². The lowest BCUT2D eigenvalue weighted by Crippen LogP contribution is -2.28. The lowest BCUT2D eigenvalue weighted by atomic mass is 10.1. The van der Waals surface area contributed by atoms with Crippen LogP contribution in [0.2, 0.25) is 0 Å². The summed E-state index contributed by atoms with van der Waals surface area (Å²) in [5.74, 6) is 2.55. The smallest absolute Gasteiger partial charge is 0.129 e. The molecule has 1 aliphatic rings. The molecular formula is C16H26N2OS. The Bertz CT molecular complexity index is 460. The van der Waals surface area contributed by atoms with Crippen molar-refractivity contribution >= 4 is 17.6 Å². The minimum absolute atomic E-state index is 0.0866. The second-order valence-electron chi connectivity index (χ2n) is 6.42. The monoisotopic (exact) mass is 294 g/mol. The van der Waals surface area contributed by atoms with Gasteiger partial charge in [0.25, 0.3) is 0 Å². The summed E-state index contributed by atoms with van der Waals surface area (Å²) in [6.45, 7) is 11.1. The normalized spacial score (nSPS) is 19.2. The van der Waals surface area contributed by atoms with Crippen LogP contribution in [0.4, 0.5) is 5.82 Å². The fourth-order valence-electron chi connectivity index (χ4n) is 2.39. The molecule has 1 N–H and O–H groups in total. The molecule has 1 saturated heterocycles. The van der Waals surface area contributed by atoms with Gasteiger partial charge in [0, 0.05) is 29.3 Å². The summed E-state index contributed by atoms with van der Waals surface area (Å²) in [6.07, 6.45) is 1.17. The van der Waals surface area contributed by atoms with E-state index in [0.717, 1.165) is 35.9 Å². The molecule has 0 radical (unpaired) electrons. The molecule has 4 heteroatoms. The minimum atomic E-state index is 0.0866. The van der Waals surface area contributed by atoms with E-state index in [1.165, 1.54) is 6.42 Å². The molecule has 2 rings (SSSR count). The summed E-state index contributed by atoms with van der Waals surface area (Å²) in [6, 6.07) is 4.06. The van der Waals surface area contributed by atoms with Gasteiger partial charge in [0.2, 0.25) is 0 Å². The van der Waals surface area contributed by atoms with Gasteiger partial charge in [-0.05, 0) is 30.0 Å². The van der Waals surface area contributed by atoms with E-state index >= 15 is 0 Å². The second-order valence-corrected chi connectivity index (χ2v) is 8.22. The third-order valence-corrected chi connectivity index (χ3v) is 5.20. The Morgan fingerprint density at radius 2 is 2.10 bits per heavy atom. The number of hydrogen-bond donors (Lipinski definition) is 1. The van der Waals surface area contributed by atoms with Crippen LogP contribution < -0.4 is 4.90 Å². The number of pyridine rings is 1. The van der Waals surface area contributed by atoms with E-state index in [4.69, 9.17) is 4.98 Å². The van der Waals surface area contributed by atoms with Crippen molar-refractivity contribution in [2.75, 3.05) is 23.7 Å². The molecule has 0 spiro atoms. The van der Waals surface area contributed by atoms with E-state index in [0.29, 0.717) is 10.7 Å². The zero-order chi connectivity index (χ0) is 14.8. The minimum Gasteiger partial charge on any atom is -0.392 e. The van der Waals surface area contributed by atoms with Gasteiger partial charge in [-0.15, -0.1) is 0 Å². The molecule has 3 nitrogen and oxygen atoms in total. The van der Waals surface area contributed by atoms with Crippen LogP contribution in [0, 0.1) is 0 Å². The molecule has 1 aliphatic heterocycles. The highest BCUT2D eigenvalue weighted by Gasteiger charge is 2.24. The zero-order valence-corrected chi connectivity index (χ0v) is 13.8. The van der Waals surface area contributed by atoms with E-state index in [1.54, 1.807) is 0 Å². The van der Waals surface area contributed by atoms with Crippen LogP contribution in [0.3, 0.4) is 0 Å². The topological polar surface area (TPSA) is 36.4 Å². The van der Waals surface area contributed by atoms with Gasteiger partial charge in [0.05, 0.1) is 6.61 Å². The van der Waals surface area contributed by atoms with E-state index in [-0.39, 0.29) is 6.61 Å². The van der Waals surface area contributed by atoms with Gasteiger partial charge in [0.15, 0.2) is 0 Å². The molecule has 20 heavy (non-hydrogen) atoms. The molecular weight excluding hydrogens is 268 g/mol. The van der Waals surface area contributed by atoms with Crippen LogP contribution in [-0.4, -0.2) is 33.7 Å². The second kappa shape index (κ2) is 6.35. The van der Waals surface area contributed by atoms with Crippen LogP contribution >= 0.6 is 11.8 Å². The lowest BCUT2D eigenvalue weighted by molar-refractivity contribution is 0.281. The van der Waals surface area contributed by atoms with Crippen molar-refractivity contribution < 1.29 is 5.11 Å². The fourth-order valence-corrected chi connectivity index (χ4v) is 3.49. The van der Waals surface area contributed by atoms with Crippen molar-refractivity contribution in [3.05, 3.63) is 23.4 Å². The highest BCUT2D eigenvalue weighted by atomic mass is 32.2. The van der Waals surface area contributed by atoms with Crippen LogP contribution in [-0.2, 0) is 6.61 Å². The third-order valence-electron chi connectivity index (χ3n) is 3.83. The van der Waals surface area contributed by atoms with Crippen LogP contribution in [0.25, 0.3) is 0 Å². The Kier molecular flexibility index (Phi) is 4.97. The standard InChI is InChI=1S/C16H26N2OS/c1-12(2)14-9-13(11-19)10-15(17-14)18-6-5-16(3,4)20-8-7-18/h9-10,12,19H,5-8,11H2,1-4H3. The Morgan fingerprint density at radius 1 is 1.35 bits per heavy atom. The van der Waals surface area contributed by atoms with Gasteiger partial charge >= 0.3 is 0 Å². The fraction of sp³-hybridized carbons (Fsp3) is 0.688. The van der Waals surface area contributed by atoms with Gasteiger partial charge in [-0.2, -0.15) is 11.8 Å². The number of anilines is 1. The third kappa shape index (κ3) is 3.89. The highest BCUT2D eigenvalue weighted by Crippen LogP contribution is 2.32. The van der Waals surface area contributed by atoms with E-state index < -0.39 is 0 Å².